The molecule has 1 fully saturated rings. The molecule has 8 heteroatoms. The van der Waals surface area contributed by atoms with Crippen LogP contribution in [-0.4, -0.2) is 18.6 Å². The topological polar surface area (TPSA) is 85.1 Å². The van der Waals surface area contributed by atoms with Gasteiger partial charge >= 0.3 is 0 Å². The van der Waals surface area contributed by atoms with Crippen LogP contribution in [0.3, 0.4) is 0 Å². The molecule has 0 spiro atoms. The minimum atomic E-state index is -3.65. The summed E-state index contributed by atoms with van der Waals surface area (Å²) in [5.41, 5.74) is 1.56. The van der Waals surface area contributed by atoms with Crippen molar-refractivity contribution in [2.45, 2.75) is 36.3 Å². The lowest BCUT2D eigenvalue weighted by Crippen LogP contribution is -2.12. The molecular weight excluding hydrogens is 358 g/mol. The Morgan fingerprint density at radius 1 is 1.20 bits per heavy atom. The molecule has 1 saturated carbocycles. The van der Waals surface area contributed by atoms with Crippen LogP contribution >= 0.6 is 11.3 Å². The summed E-state index contributed by atoms with van der Waals surface area (Å²) >= 11 is 1.12. The smallest absolute Gasteiger partial charge is 0.271 e. The number of rotatable bonds is 6. The minimum absolute atomic E-state index is 0.222. The number of aryl methyl sites for hydroxylation is 1. The molecule has 1 aliphatic rings. The molecule has 0 bridgehead atoms. The van der Waals surface area contributed by atoms with Gasteiger partial charge in [-0.1, -0.05) is 25.1 Å². The summed E-state index contributed by atoms with van der Waals surface area (Å²) in [7, 11) is -3.65. The summed E-state index contributed by atoms with van der Waals surface area (Å²) in [5, 5.41) is 8.07. The summed E-state index contributed by atoms with van der Waals surface area (Å²) in [4.78, 5) is 0.656. The fourth-order valence-corrected chi connectivity index (χ4v) is 4.86. The highest BCUT2D eigenvalue weighted by Gasteiger charge is 2.30. The van der Waals surface area contributed by atoms with E-state index in [2.05, 4.69) is 14.9 Å². The normalized spacial score (nSPS) is 14.6. The molecule has 1 N–H and O–H groups in total. The maximum Gasteiger partial charge on any atom is 0.271 e. The van der Waals surface area contributed by atoms with Crippen LogP contribution in [0.1, 0.15) is 37.1 Å². The first kappa shape index (κ1) is 16.3. The Balaban J connectivity index is 1.59. The van der Waals surface area contributed by atoms with Crippen molar-refractivity contribution in [3.8, 4) is 10.8 Å². The highest BCUT2D eigenvalue weighted by molar-refractivity contribution is 7.94. The predicted molar refractivity (Wildman–Crippen MR) is 96.2 cm³/mol. The molecule has 3 aromatic rings. The molecule has 4 rings (SSSR count). The highest BCUT2D eigenvalue weighted by atomic mass is 32.2. The number of thiophene rings is 1. The van der Waals surface area contributed by atoms with E-state index in [9.17, 15) is 8.42 Å². The summed E-state index contributed by atoms with van der Waals surface area (Å²) in [5.74, 6) is 1.39. The number of anilines is 1. The van der Waals surface area contributed by atoms with Gasteiger partial charge in [0, 0.05) is 5.92 Å². The molecule has 1 aromatic carbocycles. The molecule has 130 valence electrons. The third-order valence-electron chi connectivity index (χ3n) is 4.07. The second kappa shape index (κ2) is 6.27. The van der Waals surface area contributed by atoms with Gasteiger partial charge in [0.15, 0.2) is 0 Å². The molecule has 2 aromatic heterocycles. The first-order valence-corrected chi connectivity index (χ1v) is 10.4. The van der Waals surface area contributed by atoms with E-state index in [4.69, 9.17) is 4.42 Å². The van der Waals surface area contributed by atoms with Gasteiger partial charge in [0.05, 0.1) is 10.6 Å². The summed E-state index contributed by atoms with van der Waals surface area (Å²) in [6.45, 7) is 1.99. The van der Waals surface area contributed by atoms with E-state index in [1.54, 1.807) is 18.2 Å². The molecule has 0 radical (unpaired) electrons. The fraction of sp³-hybridized carbons (Fsp3) is 0.294. The van der Waals surface area contributed by atoms with E-state index < -0.39 is 10.0 Å². The van der Waals surface area contributed by atoms with Crippen molar-refractivity contribution in [2.75, 3.05) is 4.72 Å². The van der Waals surface area contributed by atoms with Crippen LogP contribution in [0.2, 0.25) is 0 Å². The molecular formula is C17H17N3O3S2. The largest absolute Gasteiger partial charge is 0.420 e. The third kappa shape index (κ3) is 3.32. The van der Waals surface area contributed by atoms with Gasteiger partial charge in [-0.3, -0.25) is 4.72 Å². The Morgan fingerprint density at radius 3 is 2.76 bits per heavy atom. The average molecular weight is 375 g/mol. The Hall–Kier alpha value is -2.19. The van der Waals surface area contributed by atoms with Gasteiger partial charge in [-0.15, -0.1) is 21.5 Å². The van der Waals surface area contributed by atoms with Crippen molar-refractivity contribution in [2.24, 2.45) is 0 Å². The number of aromatic nitrogens is 2. The Morgan fingerprint density at radius 2 is 2.00 bits per heavy atom. The summed E-state index contributed by atoms with van der Waals surface area (Å²) in [6.07, 6.45) is 2.90. The van der Waals surface area contributed by atoms with Crippen LogP contribution < -0.4 is 4.72 Å². The average Bonchev–Trinajstić information content (AvgIpc) is 3.12. The van der Waals surface area contributed by atoms with E-state index in [0.717, 1.165) is 36.2 Å². The van der Waals surface area contributed by atoms with E-state index >= 15 is 0 Å². The summed E-state index contributed by atoms with van der Waals surface area (Å²) < 4.78 is 33.9. The first-order chi connectivity index (χ1) is 12.1. The molecule has 0 atom stereocenters. The quantitative estimate of drug-likeness (QED) is 0.703. The van der Waals surface area contributed by atoms with Gasteiger partial charge in [0.25, 0.3) is 15.9 Å². The third-order valence-corrected chi connectivity index (χ3v) is 7.00. The van der Waals surface area contributed by atoms with Crippen LogP contribution in [0.5, 0.6) is 0 Å². The number of para-hydroxylation sites is 1. The molecule has 2 heterocycles. The van der Waals surface area contributed by atoms with Crippen LogP contribution in [0, 0.1) is 0 Å². The number of sulfonamides is 1. The number of hydrogen-bond donors (Lipinski definition) is 1. The van der Waals surface area contributed by atoms with Crippen molar-refractivity contribution in [1.29, 1.82) is 0 Å². The van der Waals surface area contributed by atoms with E-state index in [0.29, 0.717) is 28.3 Å². The van der Waals surface area contributed by atoms with Crippen molar-refractivity contribution in [3.05, 3.63) is 47.9 Å². The van der Waals surface area contributed by atoms with E-state index in [-0.39, 0.29) is 4.21 Å². The van der Waals surface area contributed by atoms with Crippen LogP contribution in [0.4, 0.5) is 5.69 Å². The predicted octanol–water partition coefficient (Wildman–Crippen LogP) is 4.04. The molecule has 0 saturated heterocycles. The second-order valence-corrected chi connectivity index (χ2v) is 8.95. The van der Waals surface area contributed by atoms with Gasteiger partial charge in [-0.05, 0) is 43.0 Å². The highest BCUT2D eigenvalue weighted by Crippen LogP contribution is 2.40. The van der Waals surface area contributed by atoms with Gasteiger partial charge < -0.3 is 4.42 Å². The van der Waals surface area contributed by atoms with E-state index in [1.165, 1.54) is 0 Å². The second-order valence-electron chi connectivity index (χ2n) is 5.95. The number of hydrogen-bond acceptors (Lipinski definition) is 6. The molecule has 25 heavy (non-hydrogen) atoms. The standard InChI is InChI=1S/C17H17N3O3S2/c1-2-11-5-3-4-6-13(11)20-25(21,22)15-10-9-14(24-15)17-19-18-16(23-17)12-7-8-12/h3-6,9-10,12,20H,2,7-8H2,1H3. The Labute approximate surface area is 150 Å². The van der Waals surface area contributed by atoms with Gasteiger partial charge in [-0.2, -0.15) is 0 Å². The van der Waals surface area contributed by atoms with Crippen LogP contribution in [0.25, 0.3) is 10.8 Å². The minimum Gasteiger partial charge on any atom is -0.420 e. The van der Waals surface area contributed by atoms with Gasteiger partial charge in [0.2, 0.25) is 5.89 Å². The maximum absolute atomic E-state index is 12.7. The molecule has 6 nitrogen and oxygen atoms in total. The van der Waals surface area contributed by atoms with Crippen molar-refractivity contribution in [1.82, 2.24) is 10.2 Å². The lowest BCUT2D eigenvalue weighted by atomic mass is 10.1. The lowest BCUT2D eigenvalue weighted by Gasteiger charge is -2.10. The maximum atomic E-state index is 12.7. The number of benzene rings is 1. The lowest BCUT2D eigenvalue weighted by molar-refractivity contribution is 0.509. The Bertz CT molecular complexity index is 1000. The SMILES string of the molecule is CCc1ccccc1NS(=O)(=O)c1ccc(-c2nnc(C3CC3)o2)s1. The monoisotopic (exact) mass is 375 g/mol. The van der Waals surface area contributed by atoms with Crippen LogP contribution in [0.15, 0.2) is 45.0 Å². The number of nitrogens with zero attached hydrogens (tertiary/aromatic N) is 2. The van der Waals surface area contributed by atoms with Gasteiger partial charge in [-0.25, -0.2) is 8.42 Å². The fourth-order valence-electron chi connectivity index (χ4n) is 2.53. The molecule has 0 amide bonds. The zero-order valence-electron chi connectivity index (χ0n) is 13.6. The van der Waals surface area contributed by atoms with Gasteiger partial charge in [0.1, 0.15) is 4.21 Å². The molecule has 0 unspecified atom stereocenters. The number of nitrogens with one attached hydrogen (secondary N) is 1. The van der Waals surface area contributed by atoms with Crippen LogP contribution in [-0.2, 0) is 16.4 Å². The first-order valence-electron chi connectivity index (χ1n) is 8.11. The zero-order chi connectivity index (χ0) is 17.4. The zero-order valence-corrected chi connectivity index (χ0v) is 15.2. The van der Waals surface area contributed by atoms with E-state index in [1.807, 2.05) is 25.1 Å². The molecule has 0 aliphatic heterocycles. The summed E-state index contributed by atoms with van der Waals surface area (Å²) in [6, 6.07) is 10.7. The van der Waals surface area contributed by atoms with Crippen molar-refractivity contribution in [3.63, 3.8) is 0 Å². The van der Waals surface area contributed by atoms with Crippen molar-refractivity contribution >= 4 is 27.0 Å². The Kier molecular flexibility index (Phi) is 4.09. The molecule has 1 aliphatic carbocycles. The van der Waals surface area contributed by atoms with Crippen molar-refractivity contribution < 1.29 is 12.8 Å².